The Labute approximate surface area is 153 Å². The number of rotatable bonds is 4. The van der Waals surface area contributed by atoms with Gasteiger partial charge in [0, 0.05) is 25.3 Å². The highest BCUT2D eigenvalue weighted by atomic mass is 16.6. The summed E-state index contributed by atoms with van der Waals surface area (Å²) in [6.07, 6.45) is 1.43. The summed E-state index contributed by atoms with van der Waals surface area (Å²) in [5, 5.41) is 3.32. The van der Waals surface area contributed by atoms with E-state index in [1.807, 2.05) is 30.3 Å². The molecule has 0 unspecified atom stereocenters. The summed E-state index contributed by atoms with van der Waals surface area (Å²) in [7, 11) is 0. The van der Waals surface area contributed by atoms with E-state index in [1.54, 1.807) is 25.1 Å². The fraction of sp³-hybridized carbons (Fsp3) is 0.333. The quantitative estimate of drug-likeness (QED) is 0.674. The second kappa shape index (κ2) is 7.70. The lowest BCUT2D eigenvalue weighted by Crippen LogP contribution is -2.43. The number of esters is 2. The number of hydrogen-bond acceptors (Lipinski definition) is 5. The van der Waals surface area contributed by atoms with Gasteiger partial charge in [-0.1, -0.05) is 36.4 Å². The molecule has 0 saturated carbocycles. The Bertz CT molecular complexity index is 795. The molecule has 2 aromatic carbocycles. The second-order valence-corrected chi connectivity index (χ2v) is 6.52. The molecule has 1 aliphatic heterocycles. The van der Waals surface area contributed by atoms with E-state index in [9.17, 15) is 9.59 Å². The lowest BCUT2D eigenvalue weighted by Gasteiger charge is -2.37. The van der Waals surface area contributed by atoms with Gasteiger partial charge in [0.1, 0.15) is 11.4 Å². The second-order valence-electron chi connectivity index (χ2n) is 6.52. The molecule has 0 bridgehead atoms. The van der Waals surface area contributed by atoms with Gasteiger partial charge in [-0.15, -0.1) is 0 Å². The highest BCUT2D eigenvalue weighted by Gasteiger charge is 2.38. The average Bonchev–Trinajstić information content (AvgIpc) is 2.64. The average molecular weight is 353 g/mol. The zero-order valence-electron chi connectivity index (χ0n) is 15.1. The number of piperidine rings is 1. The molecular formula is C21H23NO4. The molecule has 0 atom stereocenters. The fourth-order valence-corrected chi connectivity index (χ4v) is 3.36. The first kappa shape index (κ1) is 18.1. The maximum atomic E-state index is 13.0. The molecule has 1 saturated heterocycles. The summed E-state index contributed by atoms with van der Waals surface area (Å²) in [6.45, 7) is 4.67. The van der Waals surface area contributed by atoms with Crippen LogP contribution >= 0.6 is 0 Å². The van der Waals surface area contributed by atoms with Gasteiger partial charge in [-0.2, -0.15) is 0 Å². The van der Waals surface area contributed by atoms with Crippen LogP contribution in [-0.2, 0) is 15.1 Å². The third-order valence-electron chi connectivity index (χ3n) is 4.76. The monoisotopic (exact) mass is 353 g/mol. The van der Waals surface area contributed by atoms with Crippen LogP contribution in [-0.4, -0.2) is 25.0 Å². The largest absolute Gasteiger partial charge is 0.450 e. The number of carbonyl (C=O) groups is 2. The minimum Gasteiger partial charge on any atom is -0.450 e. The number of benzene rings is 2. The predicted octanol–water partition coefficient (Wildman–Crippen LogP) is 3.36. The maximum Gasteiger partial charge on any atom is 0.339 e. The predicted molar refractivity (Wildman–Crippen MR) is 98.1 cm³/mol. The highest BCUT2D eigenvalue weighted by molar-refractivity contribution is 5.92. The third-order valence-corrected chi connectivity index (χ3v) is 4.76. The van der Waals surface area contributed by atoms with Gasteiger partial charge in [0.2, 0.25) is 0 Å². The number of nitrogens with one attached hydrogen (secondary N) is 1. The van der Waals surface area contributed by atoms with E-state index in [-0.39, 0.29) is 0 Å². The van der Waals surface area contributed by atoms with Gasteiger partial charge in [-0.25, -0.2) is 4.79 Å². The molecule has 1 fully saturated rings. The summed E-state index contributed by atoms with van der Waals surface area (Å²) in [5.74, 6) is -0.439. The SMILES string of the molecule is CC(=O)Oc1cccc(C(=O)OC2(c3ccccc3)CCNCC2)c1C. The normalized spacial score (nSPS) is 15.9. The van der Waals surface area contributed by atoms with E-state index in [2.05, 4.69) is 5.32 Å². The molecule has 1 heterocycles. The topological polar surface area (TPSA) is 64.6 Å². The van der Waals surface area contributed by atoms with Gasteiger partial charge in [0.15, 0.2) is 0 Å². The van der Waals surface area contributed by atoms with Crippen molar-refractivity contribution in [2.24, 2.45) is 0 Å². The molecule has 2 aromatic rings. The molecule has 0 radical (unpaired) electrons. The summed E-state index contributed by atoms with van der Waals surface area (Å²) < 4.78 is 11.3. The molecule has 26 heavy (non-hydrogen) atoms. The molecule has 1 aliphatic rings. The van der Waals surface area contributed by atoms with Gasteiger partial charge in [0.25, 0.3) is 0 Å². The van der Waals surface area contributed by atoms with Crippen molar-refractivity contribution in [1.82, 2.24) is 5.32 Å². The summed E-state index contributed by atoms with van der Waals surface area (Å²) in [4.78, 5) is 24.2. The lowest BCUT2D eigenvalue weighted by atomic mass is 9.84. The van der Waals surface area contributed by atoms with Crippen LogP contribution in [0.3, 0.4) is 0 Å². The van der Waals surface area contributed by atoms with Crippen molar-refractivity contribution in [3.63, 3.8) is 0 Å². The number of carbonyl (C=O) groups excluding carboxylic acids is 2. The van der Waals surface area contributed by atoms with E-state index < -0.39 is 17.5 Å². The fourth-order valence-electron chi connectivity index (χ4n) is 3.36. The zero-order valence-corrected chi connectivity index (χ0v) is 15.1. The molecule has 0 amide bonds. The van der Waals surface area contributed by atoms with Gasteiger partial charge in [-0.3, -0.25) is 4.79 Å². The first-order valence-electron chi connectivity index (χ1n) is 8.79. The van der Waals surface area contributed by atoms with Crippen molar-refractivity contribution in [2.75, 3.05) is 13.1 Å². The van der Waals surface area contributed by atoms with Crippen molar-refractivity contribution in [3.05, 3.63) is 65.2 Å². The molecule has 0 spiro atoms. The standard InChI is InChI=1S/C21H23NO4/c1-15-18(9-6-10-19(15)25-16(2)23)20(24)26-21(11-13-22-14-12-21)17-7-4-3-5-8-17/h3-10,22H,11-14H2,1-2H3. The highest BCUT2D eigenvalue weighted by Crippen LogP contribution is 2.36. The Morgan fingerprint density at radius 2 is 1.69 bits per heavy atom. The molecule has 3 rings (SSSR count). The third kappa shape index (κ3) is 3.78. The van der Waals surface area contributed by atoms with E-state index in [0.29, 0.717) is 29.7 Å². The smallest absolute Gasteiger partial charge is 0.339 e. The van der Waals surface area contributed by atoms with Gasteiger partial charge in [-0.05, 0) is 37.7 Å². The summed E-state index contributed by atoms with van der Waals surface area (Å²) in [6, 6.07) is 14.9. The Morgan fingerprint density at radius 1 is 1.00 bits per heavy atom. The van der Waals surface area contributed by atoms with Crippen molar-refractivity contribution >= 4 is 11.9 Å². The summed E-state index contributed by atoms with van der Waals surface area (Å²) >= 11 is 0. The van der Waals surface area contributed by atoms with Crippen LogP contribution in [0, 0.1) is 6.92 Å². The maximum absolute atomic E-state index is 13.0. The van der Waals surface area contributed by atoms with Crippen molar-refractivity contribution in [1.29, 1.82) is 0 Å². The molecule has 0 aromatic heterocycles. The van der Waals surface area contributed by atoms with Crippen LogP contribution in [0.25, 0.3) is 0 Å². The Kier molecular flexibility index (Phi) is 5.38. The van der Waals surface area contributed by atoms with Crippen molar-refractivity contribution in [2.45, 2.75) is 32.3 Å². The van der Waals surface area contributed by atoms with Crippen molar-refractivity contribution in [3.8, 4) is 5.75 Å². The van der Waals surface area contributed by atoms with Crippen LogP contribution < -0.4 is 10.1 Å². The number of hydrogen-bond donors (Lipinski definition) is 1. The zero-order chi connectivity index (χ0) is 18.6. The Hall–Kier alpha value is -2.66. The molecule has 136 valence electrons. The molecule has 1 N–H and O–H groups in total. The summed E-state index contributed by atoms with van der Waals surface area (Å²) in [5.41, 5.74) is 1.37. The van der Waals surface area contributed by atoms with E-state index in [1.165, 1.54) is 6.92 Å². The minimum absolute atomic E-state index is 0.381. The van der Waals surface area contributed by atoms with Crippen LogP contribution in [0.2, 0.25) is 0 Å². The lowest BCUT2D eigenvalue weighted by molar-refractivity contribution is -0.131. The van der Waals surface area contributed by atoms with E-state index >= 15 is 0 Å². The van der Waals surface area contributed by atoms with E-state index in [0.717, 1.165) is 18.7 Å². The van der Waals surface area contributed by atoms with Gasteiger partial charge < -0.3 is 14.8 Å². The van der Waals surface area contributed by atoms with Crippen LogP contribution in [0.5, 0.6) is 5.75 Å². The van der Waals surface area contributed by atoms with Gasteiger partial charge in [0.05, 0.1) is 5.56 Å². The van der Waals surface area contributed by atoms with Crippen molar-refractivity contribution < 1.29 is 19.1 Å². The van der Waals surface area contributed by atoms with E-state index in [4.69, 9.17) is 9.47 Å². The molecular weight excluding hydrogens is 330 g/mol. The molecule has 5 nitrogen and oxygen atoms in total. The Balaban J connectivity index is 1.91. The van der Waals surface area contributed by atoms with Crippen LogP contribution in [0.4, 0.5) is 0 Å². The molecule has 0 aliphatic carbocycles. The first-order valence-corrected chi connectivity index (χ1v) is 8.79. The number of ether oxygens (including phenoxy) is 2. The molecule has 5 heteroatoms. The first-order chi connectivity index (χ1) is 12.5. The van der Waals surface area contributed by atoms with Crippen LogP contribution in [0.15, 0.2) is 48.5 Å². The Morgan fingerprint density at radius 3 is 2.35 bits per heavy atom. The van der Waals surface area contributed by atoms with Crippen LogP contribution in [0.1, 0.15) is 41.3 Å². The minimum atomic E-state index is -0.645. The van der Waals surface area contributed by atoms with Gasteiger partial charge >= 0.3 is 11.9 Å².